The Labute approximate surface area is 119 Å². The van der Waals surface area contributed by atoms with Crippen LogP contribution in [0.2, 0.25) is 5.02 Å². The number of halogens is 2. The van der Waals surface area contributed by atoms with Gasteiger partial charge in [0.1, 0.15) is 5.82 Å². The lowest BCUT2D eigenvalue weighted by Crippen LogP contribution is -2.49. The first-order valence-corrected chi connectivity index (χ1v) is 6.41. The molecule has 1 aromatic carbocycles. The van der Waals surface area contributed by atoms with Crippen molar-refractivity contribution in [3.8, 4) is 0 Å². The van der Waals surface area contributed by atoms with Crippen molar-refractivity contribution in [2.24, 2.45) is 0 Å². The summed E-state index contributed by atoms with van der Waals surface area (Å²) in [5, 5.41) is 9.06. The molecule has 0 aromatic heterocycles. The van der Waals surface area contributed by atoms with Gasteiger partial charge in [-0.2, -0.15) is 0 Å². The van der Waals surface area contributed by atoms with Gasteiger partial charge in [-0.05, 0) is 17.7 Å². The van der Waals surface area contributed by atoms with E-state index in [1.807, 2.05) is 0 Å². The monoisotopic (exact) mass is 301 g/mol. The van der Waals surface area contributed by atoms with E-state index in [1.165, 1.54) is 17.0 Å². The molecule has 108 valence electrons. The average Bonchev–Trinajstić information content (AvgIpc) is 2.42. The minimum absolute atomic E-state index is 0.00541. The van der Waals surface area contributed by atoms with Gasteiger partial charge in [0.25, 0.3) is 0 Å². The predicted molar refractivity (Wildman–Crippen MR) is 69.1 cm³/mol. The molecule has 0 radical (unpaired) electrons. The van der Waals surface area contributed by atoms with Gasteiger partial charge in [0.2, 0.25) is 5.91 Å². The summed E-state index contributed by atoms with van der Waals surface area (Å²) in [7, 11) is 0. The topological polar surface area (TPSA) is 66.8 Å². The van der Waals surface area contributed by atoms with Gasteiger partial charge in [-0.25, -0.2) is 9.18 Å². The van der Waals surface area contributed by atoms with E-state index in [9.17, 15) is 14.0 Å². The molecule has 1 aliphatic heterocycles. The second-order valence-electron chi connectivity index (χ2n) is 4.45. The summed E-state index contributed by atoms with van der Waals surface area (Å²) >= 11 is 5.86. The Hall–Kier alpha value is -1.66. The number of carbonyl (C=O) groups excluding carboxylic acids is 1. The molecular weight excluding hydrogens is 289 g/mol. The van der Waals surface area contributed by atoms with Gasteiger partial charge >= 0.3 is 5.97 Å². The number of carbonyl (C=O) groups is 2. The third kappa shape index (κ3) is 3.46. The Kier molecular flexibility index (Phi) is 4.57. The van der Waals surface area contributed by atoms with Crippen molar-refractivity contribution in [3.05, 3.63) is 34.6 Å². The van der Waals surface area contributed by atoms with Crippen LogP contribution in [0.15, 0.2) is 18.2 Å². The summed E-state index contributed by atoms with van der Waals surface area (Å²) in [6.45, 7) is 0.522. The zero-order valence-corrected chi connectivity index (χ0v) is 11.3. The van der Waals surface area contributed by atoms with E-state index < -0.39 is 17.9 Å². The van der Waals surface area contributed by atoms with Crippen LogP contribution in [-0.4, -0.2) is 47.7 Å². The van der Waals surface area contributed by atoms with E-state index in [1.54, 1.807) is 0 Å². The van der Waals surface area contributed by atoms with Gasteiger partial charge in [-0.3, -0.25) is 4.79 Å². The fourth-order valence-electron chi connectivity index (χ4n) is 1.96. The Morgan fingerprint density at radius 1 is 1.50 bits per heavy atom. The van der Waals surface area contributed by atoms with Gasteiger partial charge in [0.15, 0.2) is 6.10 Å². The molecule has 1 aliphatic rings. The van der Waals surface area contributed by atoms with E-state index in [4.69, 9.17) is 21.4 Å². The molecule has 0 spiro atoms. The minimum Gasteiger partial charge on any atom is -0.479 e. The molecule has 2 rings (SSSR count). The molecular formula is C13H13ClFNO4. The van der Waals surface area contributed by atoms with E-state index in [-0.39, 0.29) is 30.5 Å². The minimum atomic E-state index is -1.10. The lowest BCUT2D eigenvalue weighted by molar-refractivity contribution is -0.159. The van der Waals surface area contributed by atoms with Crippen LogP contribution in [0.4, 0.5) is 4.39 Å². The summed E-state index contributed by atoms with van der Waals surface area (Å²) in [5.41, 5.74) is 0.511. The molecule has 0 aliphatic carbocycles. The van der Waals surface area contributed by atoms with Crippen LogP contribution in [0.1, 0.15) is 5.56 Å². The van der Waals surface area contributed by atoms with Crippen LogP contribution < -0.4 is 0 Å². The number of hydrogen-bond donors (Lipinski definition) is 1. The lowest BCUT2D eigenvalue weighted by Gasteiger charge is -2.31. The number of amides is 1. The maximum absolute atomic E-state index is 12.9. The molecule has 1 N–H and O–H groups in total. The highest BCUT2D eigenvalue weighted by Gasteiger charge is 2.29. The zero-order chi connectivity index (χ0) is 14.7. The Morgan fingerprint density at radius 2 is 2.25 bits per heavy atom. The summed E-state index contributed by atoms with van der Waals surface area (Å²) in [4.78, 5) is 24.4. The van der Waals surface area contributed by atoms with Gasteiger partial charge < -0.3 is 14.7 Å². The largest absolute Gasteiger partial charge is 0.479 e. The van der Waals surface area contributed by atoms with Crippen molar-refractivity contribution in [2.75, 3.05) is 19.7 Å². The van der Waals surface area contributed by atoms with Gasteiger partial charge in [0.05, 0.1) is 19.6 Å². The summed E-state index contributed by atoms with van der Waals surface area (Å²) in [6, 6.07) is 3.82. The maximum atomic E-state index is 12.9. The molecule has 5 nitrogen and oxygen atoms in total. The first kappa shape index (κ1) is 14.7. The molecule has 1 unspecified atom stereocenters. The van der Waals surface area contributed by atoms with Crippen LogP contribution in [0.5, 0.6) is 0 Å². The highest BCUT2D eigenvalue weighted by Crippen LogP contribution is 2.19. The van der Waals surface area contributed by atoms with Crippen LogP contribution in [0, 0.1) is 5.82 Å². The Bertz CT molecular complexity index is 537. The number of carboxylic acid groups (broad SMARTS) is 1. The Morgan fingerprint density at radius 3 is 2.90 bits per heavy atom. The van der Waals surface area contributed by atoms with E-state index in [2.05, 4.69) is 0 Å². The summed E-state index contributed by atoms with van der Waals surface area (Å²) in [6.07, 6.45) is -0.998. The molecule has 1 heterocycles. The normalized spacial score (nSPS) is 18.9. The molecule has 20 heavy (non-hydrogen) atoms. The highest BCUT2D eigenvalue weighted by molar-refractivity contribution is 6.31. The third-order valence-corrected chi connectivity index (χ3v) is 3.40. The van der Waals surface area contributed by atoms with Crippen LogP contribution in [0.3, 0.4) is 0 Å². The molecule has 1 saturated heterocycles. The number of aliphatic carboxylic acids is 1. The van der Waals surface area contributed by atoms with E-state index in [0.29, 0.717) is 12.1 Å². The maximum Gasteiger partial charge on any atom is 0.334 e. The molecule has 7 heteroatoms. The third-order valence-electron chi connectivity index (χ3n) is 3.05. The van der Waals surface area contributed by atoms with Crippen molar-refractivity contribution in [2.45, 2.75) is 12.5 Å². The van der Waals surface area contributed by atoms with Gasteiger partial charge in [0, 0.05) is 11.6 Å². The number of morpholine rings is 1. The van der Waals surface area contributed by atoms with Crippen LogP contribution in [-0.2, 0) is 20.7 Å². The highest BCUT2D eigenvalue weighted by atomic mass is 35.5. The molecule has 1 fully saturated rings. The van der Waals surface area contributed by atoms with Crippen molar-refractivity contribution in [1.82, 2.24) is 4.90 Å². The predicted octanol–water partition coefficient (Wildman–Crippen LogP) is 1.33. The number of hydrogen-bond acceptors (Lipinski definition) is 3. The molecule has 1 aromatic rings. The van der Waals surface area contributed by atoms with Crippen molar-refractivity contribution in [1.29, 1.82) is 0 Å². The first-order chi connectivity index (χ1) is 9.47. The lowest BCUT2D eigenvalue weighted by atomic mass is 10.1. The van der Waals surface area contributed by atoms with Gasteiger partial charge in [-0.15, -0.1) is 0 Å². The zero-order valence-electron chi connectivity index (χ0n) is 10.5. The quantitative estimate of drug-likeness (QED) is 0.915. The Balaban J connectivity index is 2.02. The summed E-state index contributed by atoms with van der Waals surface area (Å²) < 4.78 is 18.0. The summed E-state index contributed by atoms with van der Waals surface area (Å²) in [5.74, 6) is -1.82. The SMILES string of the molecule is O=C(O)C1CN(C(=O)Cc2ccc(F)cc2Cl)CCO1. The van der Waals surface area contributed by atoms with Crippen molar-refractivity contribution < 1.29 is 23.8 Å². The number of ether oxygens (including phenoxy) is 1. The smallest absolute Gasteiger partial charge is 0.334 e. The second kappa shape index (κ2) is 6.19. The standard InChI is InChI=1S/C13H13ClFNO4/c14-10-6-9(15)2-1-8(10)5-12(17)16-3-4-20-11(7-16)13(18)19/h1-2,6,11H,3-5,7H2,(H,18,19). The number of nitrogens with zero attached hydrogens (tertiary/aromatic N) is 1. The van der Waals surface area contributed by atoms with Crippen molar-refractivity contribution >= 4 is 23.5 Å². The second-order valence-corrected chi connectivity index (χ2v) is 4.86. The van der Waals surface area contributed by atoms with Gasteiger partial charge in [-0.1, -0.05) is 17.7 Å². The van der Waals surface area contributed by atoms with E-state index >= 15 is 0 Å². The number of rotatable bonds is 3. The molecule has 1 amide bonds. The number of carboxylic acids is 1. The van der Waals surface area contributed by atoms with Crippen LogP contribution >= 0.6 is 11.6 Å². The molecule has 0 bridgehead atoms. The number of benzene rings is 1. The first-order valence-electron chi connectivity index (χ1n) is 6.03. The van der Waals surface area contributed by atoms with Crippen molar-refractivity contribution in [3.63, 3.8) is 0 Å². The molecule has 0 saturated carbocycles. The fraction of sp³-hybridized carbons (Fsp3) is 0.385. The van der Waals surface area contributed by atoms with Crippen LogP contribution in [0.25, 0.3) is 0 Å². The average molecular weight is 302 g/mol. The van der Waals surface area contributed by atoms with E-state index in [0.717, 1.165) is 6.07 Å². The molecule has 1 atom stereocenters. The fourth-order valence-corrected chi connectivity index (χ4v) is 2.20.